The van der Waals surface area contributed by atoms with Crippen molar-refractivity contribution in [1.82, 2.24) is 9.88 Å². The van der Waals surface area contributed by atoms with E-state index in [9.17, 15) is 17.2 Å². The molecule has 148 valence electrons. The highest BCUT2D eigenvalue weighted by Crippen LogP contribution is 2.48. The summed E-state index contributed by atoms with van der Waals surface area (Å²) in [5, 5.41) is 3.63. The molecule has 1 fully saturated rings. The Morgan fingerprint density at radius 3 is 2.54 bits per heavy atom. The van der Waals surface area contributed by atoms with Crippen LogP contribution in [0.4, 0.5) is 8.78 Å². The zero-order chi connectivity index (χ0) is 20.1. The molecule has 28 heavy (non-hydrogen) atoms. The molecule has 0 saturated heterocycles. The Kier molecular flexibility index (Phi) is 4.64. The molecule has 2 aromatic heterocycles. The number of alkyl halides is 2. The lowest BCUT2D eigenvalue weighted by Gasteiger charge is -2.04. The third kappa shape index (κ3) is 3.61. The molecule has 0 spiro atoms. The second kappa shape index (κ2) is 6.75. The van der Waals surface area contributed by atoms with Crippen LogP contribution in [0.5, 0.6) is 0 Å². The molecule has 1 aliphatic carbocycles. The largest absolute Gasteiger partial charge is 0.354 e. The first-order valence-electron chi connectivity index (χ1n) is 8.69. The Hall–Kier alpha value is -2.10. The van der Waals surface area contributed by atoms with Gasteiger partial charge in [0.25, 0.3) is 0 Å². The van der Waals surface area contributed by atoms with Crippen LogP contribution < -0.4 is 4.72 Å². The van der Waals surface area contributed by atoms with Gasteiger partial charge in [-0.15, -0.1) is 11.3 Å². The second-order valence-corrected chi connectivity index (χ2v) is 10.1. The SMILES string of the molecule is C[C@H]1[C@H](NS(=O)(=O)c2ccc(-c3cc(C(C)(F)F)on3)s2)[C@H]1c1ccccc1. The van der Waals surface area contributed by atoms with Crippen LogP contribution in [0, 0.1) is 5.92 Å². The molecule has 1 aromatic carbocycles. The van der Waals surface area contributed by atoms with Gasteiger partial charge < -0.3 is 4.52 Å². The Morgan fingerprint density at radius 2 is 1.89 bits per heavy atom. The molecule has 1 saturated carbocycles. The van der Waals surface area contributed by atoms with Crippen molar-refractivity contribution in [3.05, 3.63) is 59.9 Å². The first-order chi connectivity index (χ1) is 13.2. The van der Waals surface area contributed by atoms with Crippen molar-refractivity contribution in [2.24, 2.45) is 5.92 Å². The second-order valence-electron chi connectivity index (χ2n) is 7.03. The van der Waals surface area contributed by atoms with Crippen LogP contribution in [0.15, 0.2) is 57.3 Å². The van der Waals surface area contributed by atoms with Crippen LogP contribution in [0.2, 0.25) is 0 Å². The zero-order valence-electron chi connectivity index (χ0n) is 15.1. The molecule has 2 heterocycles. The Labute approximate surface area is 165 Å². The minimum Gasteiger partial charge on any atom is -0.354 e. The first kappa shape index (κ1) is 19.2. The average Bonchev–Trinajstić information content (AvgIpc) is 3.10. The topological polar surface area (TPSA) is 72.2 Å². The van der Waals surface area contributed by atoms with Gasteiger partial charge in [-0.1, -0.05) is 42.4 Å². The Balaban J connectivity index is 1.51. The van der Waals surface area contributed by atoms with E-state index < -0.39 is 21.7 Å². The first-order valence-corrected chi connectivity index (χ1v) is 11.0. The van der Waals surface area contributed by atoms with Crippen molar-refractivity contribution in [2.45, 2.75) is 35.9 Å². The van der Waals surface area contributed by atoms with Gasteiger partial charge in [0.15, 0.2) is 0 Å². The van der Waals surface area contributed by atoms with Crippen LogP contribution in [0.3, 0.4) is 0 Å². The van der Waals surface area contributed by atoms with E-state index in [1.54, 1.807) is 6.07 Å². The summed E-state index contributed by atoms with van der Waals surface area (Å²) < 4.78 is 59.7. The van der Waals surface area contributed by atoms with Crippen LogP contribution in [0.1, 0.15) is 31.1 Å². The number of benzene rings is 1. The van der Waals surface area contributed by atoms with Gasteiger partial charge in [-0.2, -0.15) is 8.78 Å². The molecule has 1 N–H and O–H groups in total. The maximum atomic E-state index is 13.3. The maximum absolute atomic E-state index is 13.3. The molecule has 5 nitrogen and oxygen atoms in total. The number of thiophene rings is 1. The predicted molar refractivity (Wildman–Crippen MR) is 102 cm³/mol. The van der Waals surface area contributed by atoms with Gasteiger partial charge in [0.1, 0.15) is 9.90 Å². The minimum atomic E-state index is -3.72. The number of hydrogen-bond donors (Lipinski definition) is 1. The lowest BCUT2D eigenvalue weighted by Crippen LogP contribution is -2.27. The predicted octanol–water partition coefficient (Wildman–Crippen LogP) is 4.60. The highest BCUT2D eigenvalue weighted by atomic mass is 32.2. The van der Waals surface area contributed by atoms with E-state index in [1.807, 2.05) is 37.3 Å². The third-order valence-electron chi connectivity index (χ3n) is 4.90. The molecule has 0 aliphatic heterocycles. The number of aromatic nitrogens is 1. The van der Waals surface area contributed by atoms with Crippen molar-refractivity contribution in [3.8, 4) is 10.6 Å². The van der Waals surface area contributed by atoms with Gasteiger partial charge in [-0.25, -0.2) is 13.1 Å². The number of nitrogens with one attached hydrogen (secondary N) is 1. The summed E-state index contributed by atoms with van der Waals surface area (Å²) in [6.07, 6.45) is 0. The quantitative estimate of drug-likeness (QED) is 0.628. The smallest absolute Gasteiger partial charge is 0.304 e. The van der Waals surface area contributed by atoms with Gasteiger partial charge in [-0.05, 0) is 23.6 Å². The number of rotatable bonds is 6. The fourth-order valence-electron chi connectivity index (χ4n) is 3.27. The molecule has 9 heteroatoms. The standard InChI is InChI=1S/C19H18F2N2O3S2/c1-11-17(12-6-4-3-5-7-12)18(11)23-28(24,25)16-9-8-14(27-16)13-10-15(26-22-13)19(2,20)21/h3-11,17-18,23H,1-2H3/t11-,17-,18+/m1/s1. The van der Waals surface area contributed by atoms with Crippen LogP contribution >= 0.6 is 11.3 Å². The summed E-state index contributed by atoms with van der Waals surface area (Å²) in [7, 11) is -3.72. The van der Waals surface area contributed by atoms with E-state index >= 15 is 0 Å². The molecule has 1 aliphatic rings. The summed E-state index contributed by atoms with van der Waals surface area (Å²) >= 11 is 0.967. The van der Waals surface area contributed by atoms with Gasteiger partial charge >= 0.3 is 5.92 Å². The van der Waals surface area contributed by atoms with Crippen LogP contribution in [-0.2, 0) is 15.9 Å². The lowest BCUT2D eigenvalue weighted by molar-refractivity contribution is -0.0105. The van der Waals surface area contributed by atoms with E-state index in [4.69, 9.17) is 0 Å². The van der Waals surface area contributed by atoms with E-state index in [0.29, 0.717) is 11.8 Å². The monoisotopic (exact) mass is 424 g/mol. The molecule has 4 rings (SSSR count). The summed E-state index contributed by atoms with van der Waals surface area (Å²) in [4.78, 5) is 0.447. The number of nitrogens with zero attached hydrogens (tertiary/aromatic N) is 1. The summed E-state index contributed by atoms with van der Waals surface area (Å²) in [6.45, 7) is 2.72. The number of sulfonamides is 1. The lowest BCUT2D eigenvalue weighted by atomic mass is 10.1. The normalized spacial score (nSPS) is 22.4. The molecule has 3 atom stereocenters. The maximum Gasteiger partial charge on any atom is 0.304 e. The molecule has 0 radical (unpaired) electrons. The van der Waals surface area contributed by atoms with Crippen molar-refractivity contribution in [3.63, 3.8) is 0 Å². The van der Waals surface area contributed by atoms with E-state index in [0.717, 1.165) is 23.0 Å². The van der Waals surface area contributed by atoms with Crippen LogP contribution in [-0.4, -0.2) is 19.6 Å². The molecule has 3 aromatic rings. The molecule has 0 bridgehead atoms. The summed E-state index contributed by atoms with van der Waals surface area (Å²) in [5.74, 6) is -3.37. The van der Waals surface area contributed by atoms with Crippen LogP contribution in [0.25, 0.3) is 10.6 Å². The zero-order valence-corrected chi connectivity index (χ0v) is 16.7. The van der Waals surface area contributed by atoms with Crippen molar-refractivity contribution in [2.75, 3.05) is 0 Å². The number of halogens is 2. The summed E-state index contributed by atoms with van der Waals surface area (Å²) in [6, 6.07) is 13.7. The highest BCUT2D eigenvalue weighted by Gasteiger charge is 2.49. The van der Waals surface area contributed by atoms with E-state index in [-0.39, 0.29) is 27.8 Å². The van der Waals surface area contributed by atoms with Crippen molar-refractivity contribution >= 4 is 21.4 Å². The van der Waals surface area contributed by atoms with Gasteiger partial charge in [0.05, 0.1) is 4.88 Å². The van der Waals surface area contributed by atoms with Gasteiger partial charge in [-0.3, -0.25) is 0 Å². The molecule has 0 amide bonds. The third-order valence-corrected chi connectivity index (χ3v) is 7.96. The van der Waals surface area contributed by atoms with E-state index in [2.05, 4.69) is 14.4 Å². The fraction of sp³-hybridized carbons (Fsp3) is 0.316. The minimum absolute atomic E-state index is 0.112. The van der Waals surface area contributed by atoms with Crippen molar-refractivity contribution in [1.29, 1.82) is 0 Å². The summed E-state index contributed by atoms with van der Waals surface area (Å²) in [5.41, 5.74) is 1.29. The highest BCUT2D eigenvalue weighted by molar-refractivity contribution is 7.91. The Morgan fingerprint density at radius 1 is 1.18 bits per heavy atom. The average molecular weight is 424 g/mol. The number of hydrogen-bond acceptors (Lipinski definition) is 5. The van der Waals surface area contributed by atoms with Crippen molar-refractivity contribution < 1.29 is 21.7 Å². The van der Waals surface area contributed by atoms with Gasteiger partial charge in [0.2, 0.25) is 15.8 Å². The van der Waals surface area contributed by atoms with Gasteiger partial charge in [0, 0.05) is 24.9 Å². The Bertz CT molecular complexity index is 1090. The van der Waals surface area contributed by atoms with E-state index in [1.165, 1.54) is 6.07 Å². The fourth-order valence-corrected chi connectivity index (χ4v) is 5.89. The molecular formula is C19H18F2N2O3S2. The molecule has 0 unspecified atom stereocenters. The molecular weight excluding hydrogens is 406 g/mol.